The van der Waals surface area contributed by atoms with Gasteiger partial charge in [0.05, 0.1) is 11.3 Å². The highest BCUT2D eigenvalue weighted by Crippen LogP contribution is 2.34. The van der Waals surface area contributed by atoms with E-state index in [1.807, 2.05) is 0 Å². The third-order valence-electron chi connectivity index (χ3n) is 1.87. The van der Waals surface area contributed by atoms with Gasteiger partial charge in [0.2, 0.25) is 0 Å². The lowest BCUT2D eigenvalue weighted by Crippen LogP contribution is -2.14. The Hall–Kier alpha value is -0.760. The normalized spacial score (nSPS) is 11.6. The fourth-order valence-electron chi connectivity index (χ4n) is 1.32. The molecule has 5 heteroatoms. The van der Waals surface area contributed by atoms with Gasteiger partial charge in [-0.3, -0.25) is 0 Å². The SMILES string of the molecule is CNc1c(P)cc(C)cc1C(F)(F)F. The minimum Gasteiger partial charge on any atom is -0.387 e. The molecule has 0 aliphatic carbocycles. The highest BCUT2D eigenvalue weighted by atomic mass is 31.0. The van der Waals surface area contributed by atoms with Gasteiger partial charge in [-0.1, -0.05) is 6.07 Å². The van der Waals surface area contributed by atoms with Crippen LogP contribution in [0, 0.1) is 6.92 Å². The summed E-state index contributed by atoms with van der Waals surface area (Å²) < 4.78 is 37.6. The largest absolute Gasteiger partial charge is 0.418 e. The van der Waals surface area contributed by atoms with Crippen LogP contribution in [0.25, 0.3) is 0 Å². The minimum absolute atomic E-state index is 0.119. The quantitative estimate of drug-likeness (QED) is 0.718. The summed E-state index contributed by atoms with van der Waals surface area (Å²) in [7, 11) is 3.77. The lowest BCUT2D eigenvalue weighted by molar-refractivity contribution is -0.136. The van der Waals surface area contributed by atoms with Gasteiger partial charge < -0.3 is 5.32 Å². The molecule has 0 saturated heterocycles. The van der Waals surface area contributed by atoms with Crippen LogP contribution in [-0.4, -0.2) is 7.05 Å². The van der Waals surface area contributed by atoms with Crippen LogP contribution in [0.3, 0.4) is 0 Å². The minimum atomic E-state index is -4.31. The van der Waals surface area contributed by atoms with Gasteiger partial charge in [-0.15, -0.1) is 9.24 Å². The van der Waals surface area contributed by atoms with E-state index in [-0.39, 0.29) is 5.69 Å². The highest BCUT2D eigenvalue weighted by molar-refractivity contribution is 7.28. The number of benzene rings is 1. The van der Waals surface area contributed by atoms with E-state index in [4.69, 9.17) is 0 Å². The van der Waals surface area contributed by atoms with Crippen LogP contribution in [0.5, 0.6) is 0 Å². The molecule has 1 N–H and O–H groups in total. The van der Waals surface area contributed by atoms with Crippen molar-refractivity contribution in [3.63, 3.8) is 0 Å². The summed E-state index contributed by atoms with van der Waals surface area (Å²) in [4.78, 5) is 0. The summed E-state index contributed by atoms with van der Waals surface area (Å²) in [5.74, 6) is 0. The molecule has 0 radical (unpaired) electrons. The third-order valence-corrected chi connectivity index (χ3v) is 2.32. The number of hydrogen-bond acceptors (Lipinski definition) is 1. The van der Waals surface area contributed by atoms with E-state index >= 15 is 0 Å². The molecule has 1 nitrogen and oxygen atoms in total. The lowest BCUT2D eigenvalue weighted by atomic mass is 10.1. The van der Waals surface area contributed by atoms with Crippen LogP contribution in [0.1, 0.15) is 11.1 Å². The van der Waals surface area contributed by atoms with Gasteiger partial charge in [0.1, 0.15) is 0 Å². The number of nitrogens with one attached hydrogen (secondary N) is 1. The molecular weight excluding hydrogens is 210 g/mol. The summed E-state index contributed by atoms with van der Waals surface area (Å²) in [6.07, 6.45) is -4.31. The molecule has 78 valence electrons. The standard InChI is InChI=1S/C9H11F3NP/c1-5-3-6(9(10,11)12)8(13-2)7(14)4-5/h3-4,13H,14H2,1-2H3. The molecule has 0 spiro atoms. The van der Waals surface area contributed by atoms with Gasteiger partial charge in [0, 0.05) is 7.05 Å². The Morgan fingerprint density at radius 2 is 1.86 bits per heavy atom. The van der Waals surface area contributed by atoms with Gasteiger partial charge in [-0.25, -0.2) is 0 Å². The molecule has 14 heavy (non-hydrogen) atoms. The fraction of sp³-hybridized carbons (Fsp3) is 0.333. The van der Waals surface area contributed by atoms with Crippen molar-refractivity contribution in [3.05, 3.63) is 23.3 Å². The maximum Gasteiger partial charge on any atom is 0.418 e. The van der Waals surface area contributed by atoms with Crippen LogP contribution < -0.4 is 10.6 Å². The predicted octanol–water partition coefficient (Wildman–Crippen LogP) is 2.56. The summed E-state index contributed by atoms with van der Waals surface area (Å²) in [6.45, 7) is 1.64. The smallest absolute Gasteiger partial charge is 0.387 e. The monoisotopic (exact) mass is 221 g/mol. The molecule has 1 unspecified atom stereocenters. The first kappa shape index (κ1) is 11.3. The van der Waals surface area contributed by atoms with E-state index in [0.717, 1.165) is 6.07 Å². The summed E-state index contributed by atoms with van der Waals surface area (Å²) in [6, 6.07) is 2.82. The number of halogens is 3. The van der Waals surface area contributed by atoms with Gasteiger partial charge >= 0.3 is 6.18 Å². The Bertz CT molecular complexity index is 347. The van der Waals surface area contributed by atoms with Crippen molar-refractivity contribution < 1.29 is 13.2 Å². The van der Waals surface area contributed by atoms with Crippen molar-refractivity contribution in [2.75, 3.05) is 12.4 Å². The zero-order valence-corrected chi connectivity index (χ0v) is 9.02. The fourth-order valence-corrected chi connectivity index (χ4v) is 1.88. The zero-order chi connectivity index (χ0) is 10.9. The molecule has 1 aromatic rings. The Morgan fingerprint density at radius 3 is 2.29 bits per heavy atom. The second-order valence-electron chi connectivity index (χ2n) is 3.02. The first-order valence-corrected chi connectivity index (χ1v) is 4.59. The number of anilines is 1. The number of rotatable bonds is 1. The van der Waals surface area contributed by atoms with Crippen LogP contribution >= 0.6 is 9.24 Å². The molecule has 1 aromatic carbocycles. The van der Waals surface area contributed by atoms with Crippen LogP contribution in [0.4, 0.5) is 18.9 Å². The first-order valence-electron chi connectivity index (χ1n) is 4.01. The predicted molar refractivity (Wildman–Crippen MR) is 55.1 cm³/mol. The molecule has 1 atom stereocenters. The van der Waals surface area contributed by atoms with Gasteiger partial charge in [-0.2, -0.15) is 13.2 Å². The van der Waals surface area contributed by atoms with Crippen LogP contribution in [-0.2, 0) is 6.18 Å². The van der Waals surface area contributed by atoms with Gasteiger partial charge in [-0.05, 0) is 23.9 Å². The van der Waals surface area contributed by atoms with Gasteiger partial charge in [0.15, 0.2) is 0 Å². The van der Waals surface area contributed by atoms with Crippen molar-refractivity contribution in [3.8, 4) is 0 Å². The zero-order valence-electron chi connectivity index (χ0n) is 7.87. The van der Waals surface area contributed by atoms with Crippen molar-refractivity contribution in [2.45, 2.75) is 13.1 Å². The Morgan fingerprint density at radius 1 is 1.29 bits per heavy atom. The lowest BCUT2D eigenvalue weighted by Gasteiger charge is -2.15. The molecule has 0 aliphatic heterocycles. The van der Waals surface area contributed by atoms with E-state index in [1.54, 1.807) is 13.0 Å². The average Bonchev–Trinajstić information content (AvgIpc) is 2.01. The number of hydrogen-bond donors (Lipinski definition) is 1. The first-order chi connectivity index (χ1) is 6.36. The van der Waals surface area contributed by atoms with Crippen molar-refractivity contribution in [1.29, 1.82) is 0 Å². The maximum absolute atomic E-state index is 12.5. The molecule has 0 amide bonds. The second kappa shape index (κ2) is 3.77. The van der Waals surface area contributed by atoms with E-state index in [9.17, 15) is 13.2 Å². The van der Waals surface area contributed by atoms with Crippen LogP contribution in [0.15, 0.2) is 12.1 Å². The second-order valence-corrected chi connectivity index (χ2v) is 3.65. The number of alkyl halides is 3. The molecular formula is C9H11F3NP. The molecule has 1 rings (SSSR count). The van der Waals surface area contributed by atoms with Crippen molar-refractivity contribution in [2.24, 2.45) is 0 Å². The number of aryl methyl sites for hydroxylation is 1. The molecule has 0 heterocycles. The summed E-state index contributed by atoms with van der Waals surface area (Å²) in [5, 5.41) is 3.08. The maximum atomic E-state index is 12.5. The average molecular weight is 221 g/mol. The van der Waals surface area contributed by atoms with E-state index in [2.05, 4.69) is 14.6 Å². The molecule has 0 saturated carbocycles. The van der Waals surface area contributed by atoms with Crippen LogP contribution in [0.2, 0.25) is 0 Å². The molecule has 0 aliphatic rings. The van der Waals surface area contributed by atoms with E-state index in [1.165, 1.54) is 7.05 Å². The molecule has 0 aromatic heterocycles. The van der Waals surface area contributed by atoms with Gasteiger partial charge in [0.25, 0.3) is 0 Å². The molecule has 0 bridgehead atoms. The highest BCUT2D eigenvalue weighted by Gasteiger charge is 2.34. The van der Waals surface area contributed by atoms with E-state index < -0.39 is 11.7 Å². The van der Waals surface area contributed by atoms with Crippen molar-refractivity contribution >= 4 is 20.2 Å². The topological polar surface area (TPSA) is 12.0 Å². The Balaban J connectivity index is 3.40. The summed E-state index contributed by atoms with van der Waals surface area (Å²) >= 11 is 0. The Labute approximate surface area is 82.9 Å². The van der Waals surface area contributed by atoms with Crippen molar-refractivity contribution in [1.82, 2.24) is 0 Å². The van der Waals surface area contributed by atoms with E-state index in [0.29, 0.717) is 10.9 Å². The molecule has 0 fully saturated rings. The third kappa shape index (κ3) is 2.18. The Kier molecular flexibility index (Phi) is 3.05. The summed E-state index contributed by atoms with van der Waals surface area (Å²) in [5.41, 5.74) is 0.0967.